The number of rotatable bonds is 2. The minimum atomic E-state index is 0.115. The highest BCUT2D eigenvalue weighted by Gasteiger charge is 2.35. The molecule has 2 nitrogen and oxygen atoms in total. The van der Waals surface area contributed by atoms with Crippen LogP contribution >= 0.6 is 15.9 Å². The van der Waals surface area contributed by atoms with E-state index in [-0.39, 0.29) is 5.41 Å². The van der Waals surface area contributed by atoms with Crippen molar-refractivity contribution in [3.8, 4) is 0 Å². The van der Waals surface area contributed by atoms with Gasteiger partial charge in [-0.05, 0) is 34.8 Å². The van der Waals surface area contributed by atoms with Gasteiger partial charge in [0, 0.05) is 12.0 Å². The first-order valence-electron chi connectivity index (χ1n) is 5.21. The fraction of sp³-hybridized carbons (Fsp3) is 0.636. The molecular weight excluding hydrogens is 242 g/mol. The molecule has 1 heterocycles. The van der Waals surface area contributed by atoms with Crippen LogP contribution in [0.25, 0.3) is 0 Å². The van der Waals surface area contributed by atoms with Crippen LogP contribution < -0.4 is 5.73 Å². The van der Waals surface area contributed by atoms with E-state index in [4.69, 9.17) is 10.2 Å². The normalized spacial score (nSPS) is 21.0. The lowest BCUT2D eigenvalue weighted by Gasteiger charge is -2.34. The van der Waals surface area contributed by atoms with Crippen molar-refractivity contribution >= 4 is 15.9 Å². The van der Waals surface area contributed by atoms with Crippen molar-refractivity contribution in [3.05, 3.63) is 22.6 Å². The van der Waals surface area contributed by atoms with Crippen molar-refractivity contribution in [3.63, 3.8) is 0 Å². The molecule has 1 aromatic rings. The Morgan fingerprint density at radius 3 is 2.57 bits per heavy atom. The van der Waals surface area contributed by atoms with Gasteiger partial charge in [0.05, 0.1) is 4.47 Å². The van der Waals surface area contributed by atoms with Crippen molar-refractivity contribution in [1.82, 2.24) is 0 Å². The first-order valence-corrected chi connectivity index (χ1v) is 6.01. The minimum absolute atomic E-state index is 0.115. The van der Waals surface area contributed by atoms with Gasteiger partial charge in [-0.1, -0.05) is 19.3 Å². The Balaban J connectivity index is 2.26. The molecule has 3 heteroatoms. The molecule has 0 spiro atoms. The summed E-state index contributed by atoms with van der Waals surface area (Å²) in [4.78, 5) is 0. The molecule has 0 aliphatic heterocycles. The number of furan rings is 1. The molecule has 14 heavy (non-hydrogen) atoms. The van der Waals surface area contributed by atoms with Crippen LogP contribution in [0.2, 0.25) is 0 Å². The van der Waals surface area contributed by atoms with E-state index in [0.29, 0.717) is 6.54 Å². The Labute approximate surface area is 93.0 Å². The van der Waals surface area contributed by atoms with Crippen molar-refractivity contribution in [1.29, 1.82) is 0 Å². The summed E-state index contributed by atoms with van der Waals surface area (Å²) in [7, 11) is 0. The molecule has 1 fully saturated rings. The van der Waals surface area contributed by atoms with Gasteiger partial charge >= 0.3 is 0 Å². The highest BCUT2D eigenvalue weighted by atomic mass is 79.9. The van der Waals surface area contributed by atoms with Crippen LogP contribution in [0.1, 0.15) is 37.9 Å². The summed E-state index contributed by atoms with van der Waals surface area (Å²) in [6.07, 6.45) is 7.98. The highest BCUT2D eigenvalue weighted by molar-refractivity contribution is 9.10. The zero-order valence-corrected chi connectivity index (χ0v) is 9.85. The van der Waals surface area contributed by atoms with E-state index in [9.17, 15) is 0 Å². The van der Waals surface area contributed by atoms with E-state index in [1.807, 2.05) is 0 Å². The van der Waals surface area contributed by atoms with Crippen LogP contribution in [-0.4, -0.2) is 6.54 Å². The van der Waals surface area contributed by atoms with Crippen molar-refractivity contribution in [2.24, 2.45) is 5.73 Å². The lowest BCUT2D eigenvalue weighted by Crippen LogP contribution is -2.36. The molecule has 0 amide bonds. The third-order valence-electron chi connectivity index (χ3n) is 3.29. The predicted molar refractivity (Wildman–Crippen MR) is 60.2 cm³/mol. The topological polar surface area (TPSA) is 39.2 Å². The molecule has 2 N–H and O–H groups in total. The first kappa shape index (κ1) is 10.2. The lowest BCUT2D eigenvalue weighted by atomic mass is 9.72. The van der Waals surface area contributed by atoms with Crippen molar-refractivity contribution in [2.75, 3.05) is 6.54 Å². The van der Waals surface area contributed by atoms with Crippen molar-refractivity contribution < 1.29 is 4.42 Å². The second-order valence-corrected chi connectivity index (χ2v) is 5.09. The zero-order chi connectivity index (χ0) is 10.0. The molecule has 1 saturated carbocycles. The smallest absolute Gasteiger partial charge is 0.112 e. The number of hydrogen-bond acceptors (Lipinski definition) is 2. The molecule has 0 unspecified atom stereocenters. The summed E-state index contributed by atoms with van der Waals surface area (Å²) in [6.45, 7) is 0.701. The monoisotopic (exact) mass is 257 g/mol. The average Bonchev–Trinajstić information content (AvgIpc) is 2.66. The third kappa shape index (κ3) is 1.75. The van der Waals surface area contributed by atoms with Crippen LogP contribution in [0, 0.1) is 0 Å². The zero-order valence-electron chi connectivity index (χ0n) is 8.26. The SMILES string of the molecule is NCC1(c2cc(Br)co2)CCCCC1. The Hall–Kier alpha value is -0.280. The molecule has 0 saturated heterocycles. The van der Waals surface area contributed by atoms with Crippen LogP contribution in [0.5, 0.6) is 0 Å². The van der Waals surface area contributed by atoms with Crippen LogP contribution in [0.15, 0.2) is 21.2 Å². The van der Waals surface area contributed by atoms with Crippen LogP contribution in [0.4, 0.5) is 0 Å². The predicted octanol–water partition coefficient (Wildman–Crippen LogP) is 3.20. The second-order valence-electron chi connectivity index (χ2n) is 4.17. The Bertz CT molecular complexity index is 302. The van der Waals surface area contributed by atoms with E-state index in [1.165, 1.54) is 32.1 Å². The highest BCUT2D eigenvalue weighted by Crippen LogP contribution is 2.39. The van der Waals surface area contributed by atoms with Gasteiger partial charge in [-0.2, -0.15) is 0 Å². The minimum Gasteiger partial charge on any atom is -0.467 e. The summed E-state index contributed by atoms with van der Waals surface area (Å²) in [5, 5.41) is 0. The van der Waals surface area contributed by atoms with Gasteiger partial charge in [-0.25, -0.2) is 0 Å². The molecule has 0 aromatic carbocycles. The lowest BCUT2D eigenvalue weighted by molar-refractivity contribution is 0.252. The number of hydrogen-bond donors (Lipinski definition) is 1. The summed E-state index contributed by atoms with van der Waals surface area (Å²) < 4.78 is 6.59. The van der Waals surface area contributed by atoms with Gasteiger partial charge in [0.1, 0.15) is 12.0 Å². The molecule has 0 atom stereocenters. The van der Waals surface area contributed by atoms with Crippen LogP contribution in [-0.2, 0) is 5.41 Å². The quantitative estimate of drug-likeness (QED) is 0.884. The van der Waals surface area contributed by atoms with Gasteiger partial charge in [-0.15, -0.1) is 0 Å². The Morgan fingerprint density at radius 2 is 2.07 bits per heavy atom. The fourth-order valence-electron chi connectivity index (χ4n) is 2.37. The fourth-order valence-corrected chi connectivity index (χ4v) is 2.67. The summed E-state index contributed by atoms with van der Waals surface area (Å²) in [5.41, 5.74) is 6.02. The second kappa shape index (κ2) is 4.07. The largest absolute Gasteiger partial charge is 0.467 e. The molecule has 1 aliphatic rings. The van der Waals surface area contributed by atoms with E-state index in [2.05, 4.69) is 22.0 Å². The van der Waals surface area contributed by atoms with Gasteiger partial charge in [0.25, 0.3) is 0 Å². The van der Waals surface area contributed by atoms with Gasteiger partial charge in [-0.3, -0.25) is 0 Å². The van der Waals surface area contributed by atoms with E-state index >= 15 is 0 Å². The van der Waals surface area contributed by atoms with E-state index < -0.39 is 0 Å². The van der Waals surface area contributed by atoms with E-state index in [0.717, 1.165) is 10.2 Å². The van der Waals surface area contributed by atoms with Gasteiger partial charge in [0.2, 0.25) is 0 Å². The maximum atomic E-state index is 5.90. The maximum absolute atomic E-state index is 5.90. The molecule has 1 aromatic heterocycles. The summed E-state index contributed by atoms with van der Waals surface area (Å²) in [5.74, 6) is 1.06. The van der Waals surface area contributed by atoms with Crippen LogP contribution in [0.3, 0.4) is 0 Å². The molecule has 1 aliphatic carbocycles. The molecular formula is C11H16BrNO. The van der Waals surface area contributed by atoms with E-state index in [1.54, 1.807) is 6.26 Å². The Morgan fingerprint density at radius 1 is 1.36 bits per heavy atom. The Kier molecular flexibility index (Phi) is 2.98. The standard InChI is InChI=1S/C11H16BrNO/c12-9-6-10(14-7-9)11(8-13)4-2-1-3-5-11/h6-7H,1-5,8,13H2. The molecule has 78 valence electrons. The number of nitrogens with two attached hydrogens (primary N) is 1. The molecule has 0 radical (unpaired) electrons. The number of halogens is 1. The molecule has 0 bridgehead atoms. The average molecular weight is 258 g/mol. The maximum Gasteiger partial charge on any atom is 0.112 e. The summed E-state index contributed by atoms with van der Waals surface area (Å²) in [6, 6.07) is 2.07. The van der Waals surface area contributed by atoms with Gasteiger partial charge in [0.15, 0.2) is 0 Å². The van der Waals surface area contributed by atoms with Gasteiger partial charge < -0.3 is 10.2 Å². The van der Waals surface area contributed by atoms with Crippen molar-refractivity contribution in [2.45, 2.75) is 37.5 Å². The molecule has 2 rings (SSSR count). The summed E-state index contributed by atoms with van der Waals surface area (Å²) >= 11 is 3.42. The third-order valence-corrected chi connectivity index (χ3v) is 3.71. The first-order chi connectivity index (χ1) is 6.77.